The third-order valence-corrected chi connectivity index (χ3v) is 6.48. The first kappa shape index (κ1) is 30.1. The standard InChI is InChI=1S/C27H50O6/c1-4-5-6-9-12-16-31-18-19-32-17-15-24-23(21-28)20-26(29)25(24)13-10-7-8-11-14-27(30)33-22(2)3/h7,10,22-26,28-29H,4-6,8-9,11-21H2,1-3H3/t23-,24-,25+,26-/m0/s1. The number of aliphatic hydroxyl groups is 2. The van der Waals surface area contributed by atoms with Crippen molar-refractivity contribution in [2.75, 3.05) is 33.0 Å². The largest absolute Gasteiger partial charge is 0.463 e. The molecule has 0 saturated heterocycles. The van der Waals surface area contributed by atoms with Crippen LogP contribution in [-0.4, -0.2) is 61.4 Å². The van der Waals surface area contributed by atoms with E-state index in [2.05, 4.69) is 19.1 Å². The van der Waals surface area contributed by atoms with E-state index in [-0.39, 0.29) is 42.5 Å². The monoisotopic (exact) mass is 470 g/mol. The lowest BCUT2D eigenvalue weighted by Crippen LogP contribution is -2.23. The van der Waals surface area contributed by atoms with Crippen molar-refractivity contribution in [3.8, 4) is 0 Å². The number of allylic oxidation sites excluding steroid dienone is 2. The molecule has 0 aromatic heterocycles. The molecule has 4 atom stereocenters. The van der Waals surface area contributed by atoms with Crippen LogP contribution in [0.5, 0.6) is 0 Å². The van der Waals surface area contributed by atoms with Gasteiger partial charge in [-0.05, 0) is 70.1 Å². The topological polar surface area (TPSA) is 85.2 Å². The smallest absolute Gasteiger partial charge is 0.306 e. The number of carbonyl (C=O) groups is 1. The van der Waals surface area contributed by atoms with Gasteiger partial charge in [0.2, 0.25) is 0 Å². The number of esters is 1. The van der Waals surface area contributed by atoms with Gasteiger partial charge in [0.1, 0.15) is 0 Å². The van der Waals surface area contributed by atoms with Crippen molar-refractivity contribution >= 4 is 5.97 Å². The molecule has 6 heteroatoms. The van der Waals surface area contributed by atoms with Gasteiger partial charge in [-0.3, -0.25) is 4.79 Å². The Hall–Kier alpha value is -0.950. The van der Waals surface area contributed by atoms with Crippen molar-refractivity contribution in [2.45, 2.75) is 104 Å². The maximum Gasteiger partial charge on any atom is 0.306 e. The fourth-order valence-corrected chi connectivity index (χ4v) is 4.69. The second-order valence-corrected chi connectivity index (χ2v) is 9.64. The Morgan fingerprint density at radius 1 is 0.970 bits per heavy atom. The fraction of sp³-hybridized carbons (Fsp3) is 0.889. The summed E-state index contributed by atoms with van der Waals surface area (Å²) in [5.41, 5.74) is 0. The minimum absolute atomic E-state index is 0.0647. The minimum Gasteiger partial charge on any atom is -0.463 e. The first-order valence-electron chi connectivity index (χ1n) is 13.3. The van der Waals surface area contributed by atoms with E-state index in [0.717, 1.165) is 38.7 Å². The van der Waals surface area contributed by atoms with E-state index in [9.17, 15) is 15.0 Å². The maximum atomic E-state index is 11.6. The summed E-state index contributed by atoms with van der Waals surface area (Å²) >= 11 is 0. The molecule has 0 aromatic carbocycles. The molecule has 1 saturated carbocycles. The molecule has 0 aromatic rings. The van der Waals surface area contributed by atoms with Gasteiger partial charge in [0.15, 0.2) is 0 Å². The number of rotatable bonds is 20. The molecule has 1 rings (SSSR count). The van der Waals surface area contributed by atoms with Gasteiger partial charge in [-0.15, -0.1) is 0 Å². The molecule has 0 bridgehead atoms. The normalized spacial score (nSPS) is 23.1. The van der Waals surface area contributed by atoms with Crippen molar-refractivity contribution in [1.82, 2.24) is 0 Å². The zero-order valence-corrected chi connectivity index (χ0v) is 21.4. The zero-order valence-electron chi connectivity index (χ0n) is 21.4. The Morgan fingerprint density at radius 3 is 2.39 bits per heavy atom. The van der Waals surface area contributed by atoms with E-state index in [4.69, 9.17) is 14.2 Å². The van der Waals surface area contributed by atoms with Crippen molar-refractivity contribution in [1.29, 1.82) is 0 Å². The van der Waals surface area contributed by atoms with Gasteiger partial charge in [0.25, 0.3) is 0 Å². The Morgan fingerprint density at radius 2 is 1.70 bits per heavy atom. The molecular formula is C27H50O6. The molecule has 0 heterocycles. The summed E-state index contributed by atoms with van der Waals surface area (Å²) < 4.78 is 16.6. The highest BCUT2D eigenvalue weighted by Gasteiger charge is 2.40. The van der Waals surface area contributed by atoms with Crippen LogP contribution in [0.25, 0.3) is 0 Å². The maximum absolute atomic E-state index is 11.6. The number of hydrogen-bond acceptors (Lipinski definition) is 6. The Balaban J connectivity index is 2.21. The first-order valence-corrected chi connectivity index (χ1v) is 13.3. The van der Waals surface area contributed by atoms with E-state index in [0.29, 0.717) is 32.7 Å². The van der Waals surface area contributed by atoms with Gasteiger partial charge in [0, 0.05) is 26.2 Å². The lowest BCUT2D eigenvalue weighted by Gasteiger charge is -2.24. The molecule has 1 fully saturated rings. The van der Waals surface area contributed by atoms with E-state index >= 15 is 0 Å². The summed E-state index contributed by atoms with van der Waals surface area (Å²) in [6.45, 7) is 8.71. The Bertz CT molecular complexity index is 507. The van der Waals surface area contributed by atoms with Crippen LogP contribution in [0.2, 0.25) is 0 Å². The van der Waals surface area contributed by atoms with Crippen LogP contribution in [0.3, 0.4) is 0 Å². The van der Waals surface area contributed by atoms with Gasteiger partial charge in [-0.25, -0.2) is 0 Å². The summed E-state index contributed by atoms with van der Waals surface area (Å²) in [5.74, 6) is 0.391. The van der Waals surface area contributed by atoms with Gasteiger partial charge in [-0.1, -0.05) is 44.8 Å². The summed E-state index contributed by atoms with van der Waals surface area (Å²) in [5, 5.41) is 20.3. The van der Waals surface area contributed by atoms with E-state index in [1.165, 1.54) is 25.7 Å². The molecule has 1 aliphatic rings. The zero-order chi connectivity index (χ0) is 24.3. The highest BCUT2D eigenvalue weighted by atomic mass is 16.5. The lowest BCUT2D eigenvalue weighted by atomic mass is 9.84. The van der Waals surface area contributed by atoms with Crippen molar-refractivity contribution in [3.63, 3.8) is 0 Å². The number of hydrogen-bond donors (Lipinski definition) is 2. The minimum atomic E-state index is -0.381. The number of ether oxygens (including phenoxy) is 3. The van der Waals surface area contributed by atoms with Crippen LogP contribution >= 0.6 is 0 Å². The van der Waals surface area contributed by atoms with E-state index in [1.54, 1.807) is 0 Å². The second kappa shape index (κ2) is 19.4. The molecule has 0 aliphatic heterocycles. The van der Waals surface area contributed by atoms with Crippen LogP contribution in [0.4, 0.5) is 0 Å². The second-order valence-electron chi connectivity index (χ2n) is 9.64. The van der Waals surface area contributed by atoms with Gasteiger partial charge in [0.05, 0.1) is 25.4 Å². The van der Waals surface area contributed by atoms with Crippen LogP contribution in [0.1, 0.15) is 91.4 Å². The molecular weight excluding hydrogens is 420 g/mol. The van der Waals surface area contributed by atoms with Crippen LogP contribution in [0.15, 0.2) is 12.2 Å². The van der Waals surface area contributed by atoms with Crippen LogP contribution < -0.4 is 0 Å². The van der Waals surface area contributed by atoms with Gasteiger partial charge < -0.3 is 24.4 Å². The molecule has 33 heavy (non-hydrogen) atoms. The number of carbonyl (C=O) groups excluding carboxylic acids is 1. The summed E-state index contributed by atoms with van der Waals surface area (Å²) in [7, 11) is 0. The highest BCUT2D eigenvalue weighted by Crippen LogP contribution is 2.41. The summed E-state index contributed by atoms with van der Waals surface area (Å²) in [4.78, 5) is 11.6. The average molecular weight is 471 g/mol. The van der Waals surface area contributed by atoms with E-state index in [1.807, 2.05) is 13.8 Å². The SMILES string of the molecule is CCCCCCCOCCOCC[C@H]1[C@H](CO)C[C@H](O)[C@@H]1CC=CCCCC(=O)OC(C)C. The average Bonchev–Trinajstić information content (AvgIpc) is 3.08. The lowest BCUT2D eigenvalue weighted by molar-refractivity contribution is -0.147. The van der Waals surface area contributed by atoms with Crippen molar-refractivity contribution < 1.29 is 29.2 Å². The molecule has 194 valence electrons. The quantitative estimate of drug-likeness (QED) is 0.147. The predicted octanol–water partition coefficient (Wildman–Crippen LogP) is 5.05. The molecule has 0 unspecified atom stereocenters. The molecule has 0 amide bonds. The predicted molar refractivity (Wildman–Crippen MR) is 132 cm³/mol. The molecule has 6 nitrogen and oxygen atoms in total. The fourth-order valence-electron chi connectivity index (χ4n) is 4.69. The van der Waals surface area contributed by atoms with Crippen molar-refractivity contribution in [3.05, 3.63) is 12.2 Å². The highest BCUT2D eigenvalue weighted by molar-refractivity contribution is 5.69. The number of unbranched alkanes of at least 4 members (excludes halogenated alkanes) is 5. The summed E-state index contributed by atoms with van der Waals surface area (Å²) in [6.07, 6.45) is 14.3. The molecule has 0 radical (unpaired) electrons. The van der Waals surface area contributed by atoms with Crippen LogP contribution in [0, 0.1) is 17.8 Å². The van der Waals surface area contributed by atoms with E-state index < -0.39 is 0 Å². The molecule has 2 N–H and O–H groups in total. The number of aliphatic hydroxyl groups excluding tert-OH is 2. The van der Waals surface area contributed by atoms with Crippen molar-refractivity contribution in [2.24, 2.45) is 17.8 Å². The molecule has 1 aliphatic carbocycles. The third kappa shape index (κ3) is 14.1. The first-order chi connectivity index (χ1) is 16.0. The van der Waals surface area contributed by atoms with Crippen LogP contribution in [-0.2, 0) is 19.0 Å². The molecule has 0 spiro atoms. The van der Waals surface area contributed by atoms with Gasteiger partial charge >= 0.3 is 5.97 Å². The Labute approximate surface area is 202 Å². The summed E-state index contributed by atoms with van der Waals surface area (Å²) in [6, 6.07) is 0. The third-order valence-electron chi connectivity index (χ3n) is 6.48. The van der Waals surface area contributed by atoms with Gasteiger partial charge in [-0.2, -0.15) is 0 Å². The Kier molecular flexibility index (Phi) is 17.7.